The van der Waals surface area contributed by atoms with Crippen LogP contribution in [0.4, 0.5) is 10.6 Å². The van der Waals surface area contributed by atoms with Crippen molar-refractivity contribution in [2.24, 2.45) is 0 Å². The van der Waals surface area contributed by atoms with Crippen molar-refractivity contribution in [3.8, 4) is 0 Å². The van der Waals surface area contributed by atoms with E-state index in [1.165, 1.54) is 10.6 Å². The summed E-state index contributed by atoms with van der Waals surface area (Å²) in [5.41, 5.74) is -0.778. The highest BCUT2D eigenvalue weighted by atomic mass is 32.1. The largest absolute Gasteiger partial charge is 0.444 e. The first-order valence-electron chi connectivity index (χ1n) is 7.62. The van der Waals surface area contributed by atoms with Gasteiger partial charge in [-0.2, -0.15) is 9.61 Å². The number of fused-ring (bicyclic) bond motifs is 1. The molecule has 2 aromatic heterocycles. The van der Waals surface area contributed by atoms with E-state index in [-0.39, 0.29) is 11.7 Å². The van der Waals surface area contributed by atoms with Crippen molar-refractivity contribution in [3.63, 3.8) is 0 Å². The average molecular weight is 347 g/mol. The van der Waals surface area contributed by atoms with Gasteiger partial charge in [-0.3, -0.25) is 4.79 Å². The predicted octanol–water partition coefficient (Wildman–Crippen LogP) is 0.00190. The lowest BCUT2D eigenvalue weighted by Gasteiger charge is -2.36. The molecule has 0 aliphatic carbocycles. The Morgan fingerprint density at radius 3 is 2.58 bits per heavy atom. The van der Waals surface area contributed by atoms with Crippen LogP contribution in [0.5, 0.6) is 0 Å². The second-order valence-electron chi connectivity index (χ2n) is 6.54. The summed E-state index contributed by atoms with van der Waals surface area (Å²) < 4.78 is 6.57. The van der Waals surface area contributed by atoms with Crippen molar-refractivity contribution in [1.82, 2.24) is 19.5 Å². The highest BCUT2D eigenvalue weighted by Gasteiger charge is 2.26. The SMILES string of the molecule is [B]c1nn2c(=O)cc(N3CCN(C(=O)OC(C)(C)C)CC3)nc2s1. The first-order chi connectivity index (χ1) is 11.2. The maximum atomic E-state index is 12.1. The van der Waals surface area contributed by atoms with E-state index in [0.717, 1.165) is 11.3 Å². The first-order valence-corrected chi connectivity index (χ1v) is 8.44. The van der Waals surface area contributed by atoms with Crippen LogP contribution < -0.4 is 15.4 Å². The van der Waals surface area contributed by atoms with Gasteiger partial charge in [0.15, 0.2) is 7.85 Å². The number of piperazine rings is 1. The van der Waals surface area contributed by atoms with E-state index in [1.807, 2.05) is 25.7 Å². The molecule has 8 nitrogen and oxygen atoms in total. The Hall–Kier alpha value is -2.10. The zero-order chi connectivity index (χ0) is 17.5. The van der Waals surface area contributed by atoms with Gasteiger partial charge in [0.05, 0.1) is 4.91 Å². The summed E-state index contributed by atoms with van der Waals surface area (Å²) in [5.74, 6) is 0.576. The van der Waals surface area contributed by atoms with Crippen molar-refractivity contribution >= 4 is 41.0 Å². The monoisotopic (exact) mass is 347 g/mol. The van der Waals surface area contributed by atoms with E-state index in [4.69, 9.17) is 12.6 Å². The fourth-order valence-electron chi connectivity index (χ4n) is 2.42. The van der Waals surface area contributed by atoms with Gasteiger partial charge in [0.1, 0.15) is 11.4 Å². The molecule has 1 aliphatic rings. The number of amides is 1. The number of anilines is 1. The van der Waals surface area contributed by atoms with Crippen LogP contribution in [0.3, 0.4) is 0 Å². The Balaban J connectivity index is 1.71. The molecule has 0 saturated carbocycles. The van der Waals surface area contributed by atoms with E-state index < -0.39 is 5.60 Å². The second kappa shape index (κ2) is 6.08. The zero-order valence-corrected chi connectivity index (χ0v) is 14.7. The van der Waals surface area contributed by atoms with Crippen LogP contribution >= 0.6 is 11.3 Å². The topological polar surface area (TPSA) is 80.0 Å². The highest BCUT2D eigenvalue weighted by Crippen LogP contribution is 2.16. The number of hydrogen-bond donors (Lipinski definition) is 0. The van der Waals surface area contributed by atoms with Gasteiger partial charge in [-0.15, -0.1) is 0 Å². The van der Waals surface area contributed by atoms with Gasteiger partial charge in [0, 0.05) is 32.2 Å². The minimum Gasteiger partial charge on any atom is -0.444 e. The average Bonchev–Trinajstić information content (AvgIpc) is 2.86. The highest BCUT2D eigenvalue weighted by molar-refractivity contribution is 7.23. The van der Waals surface area contributed by atoms with Gasteiger partial charge in [-0.05, 0) is 20.8 Å². The summed E-state index contributed by atoms with van der Waals surface area (Å²) in [6, 6.07) is 1.44. The number of hydrogen-bond acceptors (Lipinski definition) is 7. The first kappa shape index (κ1) is 16.8. The third-order valence-corrected chi connectivity index (χ3v) is 4.24. The molecular weight excluding hydrogens is 329 g/mol. The minimum absolute atomic E-state index is 0.266. The molecule has 1 aliphatic heterocycles. The van der Waals surface area contributed by atoms with Crippen LogP contribution in [0.25, 0.3) is 4.96 Å². The summed E-state index contributed by atoms with van der Waals surface area (Å²) in [6.07, 6.45) is -0.319. The Morgan fingerprint density at radius 1 is 1.29 bits per heavy atom. The van der Waals surface area contributed by atoms with E-state index in [9.17, 15) is 9.59 Å². The fraction of sp³-hybridized carbons (Fsp3) is 0.571. The second-order valence-corrected chi connectivity index (χ2v) is 7.53. The molecule has 0 N–H and O–H groups in total. The zero-order valence-electron chi connectivity index (χ0n) is 13.9. The van der Waals surface area contributed by atoms with Crippen LogP contribution in [-0.4, -0.2) is 65.2 Å². The standard InChI is InChI=1S/C14H18BN5O3S/c1-14(2,3)23-13(22)19-6-4-18(5-7-19)9-8-10(21)20-12(16-9)24-11(15)17-20/h8H,4-7H2,1-3H3. The Morgan fingerprint density at radius 2 is 1.96 bits per heavy atom. The molecule has 3 heterocycles. The molecular formula is C14H18BN5O3S. The number of ether oxygens (including phenoxy) is 1. The summed E-state index contributed by atoms with van der Waals surface area (Å²) in [6.45, 7) is 7.71. The Bertz CT molecular complexity index is 820. The number of rotatable bonds is 1. The van der Waals surface area contributed by atoms with Crippen LogP contribution in [0, 0.1) is 0 Å². The summed E-state index contributed by atoms with van der Waals surface area (Å²) in [4.78, 5) is 33.0. The van der Waals surface area contributed by atoms with Gasteiger partial charge >= 0.3 is 6.09 Å². The van der Waals surface area contributed by atoms with Gasteiger partial charge in [-0.25, -0.2) is 9.78 Å². The van der Waals surface area contributed by atoms with Gasteiger partial charge in [-0.1, -0.05) is 11.3 Å². The van der Waals surface area contributed by atoms with Crippen LogP contribution in [0.2, 0.25) is 0 Å². The van der Waals surface area contributed by atoms with Crippen molar-refractivity contribution in [1.29, 1.82) is 0 Å². The number of aromatic nitrogens is 3. The predicted molar refractivity (Wildman–Crippen MR) is 92.5 cm³/mol. The lowest BCUT2D eigenvalue weighted by molar-refractivity contribution is 0.0240. The van der Waals surface area contributed by atoms with Crippen molar-refractivity contribution in [2.45, 2.75) is 26.4 Å². The van der Waals surface area contributed by atoms with E-state index in [0.29, 0.717) is 41.9 Å². The maximum absolute atomic E-state index is 12.1. The molecule has 10 heteroatoms. The molecule has 2 aromatic rings. The van der Waals surface area contributed by atoms with E-state index in [1.54, 1.807) is 4.90 Å². The third-order valence-electron chi connectivity index (χ3n) is 3.50. The molecule has 0 aromatic carbocycles. The lowest BCUT2D eigenvalue weighted by Crippen LogP contribution is -2.50. The normalized spacial score (nSPS) is 15.8. The van der Waals surface area contributed by atoms with Crippen molar-refractivity contribution < 1.29 is 9.53 Å². The van der Waals surface area contributed by atoms with Crippen molar-refractivity contribution in [3.05, 3.63) is 16.4 Å². The molecule has 126 valence electrons. The molecule has 1 amide bonds. The molecule has 1 saturated heterocycles. The Kier molecular flexibility index (Phi) is 4.24. The quantitative estimate of drug-likeness (QED) is 0.676. The van der Waals surface area contributed by atoms with Gasteiger partial charge < -0.3 is 14.5 Å². The lowest BCUT2D eigenvalue weighted by atomic mass is 10.2. The van der Waals surface area contributed by atoms with Gasteiger partial charge in [0.2, 0.25) is 4.96 Å². The maximum Gasteiger partial charge on any atom is 0.410 e. The minimum atomic E-state index is -0.512. The summed E-state index contributed by atoms with van der Waals surface area (Å²) in [7, 11) is 5.63. The van der Waals surface area contributed by atoms with E-state index in [2.05, 4.69) is 10.1 Å². The van der Waals surface area contributed by atoms with Crippen LogP contribution in [0.15, 0.2) is 10.9 Å². The molecule has 3 rings (SSSR count). The molecule has 1 fully saturated rings. The molecule has 0 atom stereocenters. The summed E-state index contributed by atoms with van der Waals surface area (Å²) >= 11 is 1.16. The van der Waals surface area contributed by atoms with Crippen LogP contribution in [0.1, 0.15) is 20.8 Å². The van der Waals surface area contributed by atoms with Crippen LogP contribution in [-0.2, 0) is 4.74 Å². The smallest absolute Gasteiger partial charge is 0.410 e. The Labute approximate surface area is 144 Å². The fourth-order valence-corrected chi connectivity index (χ4v) is 3.09. The van der Waals surface area contributed by atoms with E-state index >= 15 is 0 Å². The molecule has 24 heavy (non-hydrogen) atoms. The number of carbonyl (C=O) groups excluding carboxylic acids is 1. The number of nitrogens with zero attached hydrogens (tertiary/aromatic N) is 5. The molecule has 0 spiro atoms. The number of carbonyl (C=O) groups is 1. The molecule has 0 unspecified atom stereocenters. The molecule has 0 bridgehead atoms. The van der Waals surface area contributed by atoms with Gasteiger partial charge in [0.25, 0.3) is 5.56 Å². The summed E-state index contributed by atoms with van der Waals surface area (Å²) in [5, 5.41) is 3.92. The molecule has 2 radical (unpaired) electrons. The van der Waals surface area contributed by atoms with Crippen molar-refractivity contribution in [2.75, 3.05) is 31.1 Å². The third kappa shape index (κ3) is 3.53.